The molecule has 1 aliphatic rings. The molecule has 10 amide bonds. The van der Waals surface area contributed by atoms with Gasteiger partial charge in [-0.1, -0.05) is 70.8 Å². The number of cyclic esters (lactones) is 1. The van der Waals surface area contributed by atoms with Gasteiger partial charge in [-0.15, -0.1) is 11.6 Å². The number of rotatable bonds is 31. The summed E-state index contributed by atoms with van der Waals surface area (Å²) < 4.78 is 15.2. The molecule has 0 aliphatic carbocycles. The molecule has 0 bridgehead atoms. The van der Waals surface area contributed by atoms with E-state index in [4.69, 9.17) is 37.3 Å². The average Bonchev–Trinajstić information content (AvgIpc) is 0.912. The molecule has 0 aromatic rings. The number of carboxylic acid groups (broad SMARTS) is 2. The van der Waals surface area contributed by atoms with Gasteiger partial charge in [0.05, 0.1) is 42.4 Å². The number of aliphatic carboxylic acids is 2. The Bertz CT molecular complexity index is 2570. The summed E-state index contributed by atoms with van der Waals surface area (Å²) in [6.45, 7) is 5.74. The minimum Gasteiger partial charge on any atom is -0.481 e. The number of carbonyl (C=O) groups is 14. The number of carbonyl (C=O) groups excluding carboxylic acids is 12. The van der Waals surface area contributed by atoms with Crippen LogP contribution in [-0.2, 0) is 76.5 Å². The molecule has 20 N–H and O–H groups in total. The van der Waals surface area contributed by atoms with Gasteiger partial charge in [0.25, 0.3) is 5.91 Å². The van der Waals surface area contributed by atoms with E-state index in [1.54, 1.807) is 0 Å². The van der Waals surface area contributed by atoms with Crippen LogP contribution in [0.4, 0.5) is 4.79 Å². The van der Waals surface area contributed by atoms with Gasteiger partial charge in [0.15, 0.2) is 12.1 Å². The van der Waals surface area contributed by atoms with E-state index in [1.165, 1.54) is 27.7 Å². The highest BCUT2D eigenvalue weighted by Gasteiger charge is 2.41. The fourth-order valence-corrected chi connectivity index (χ4v) is 8.96. The van der Waals surface area contributed by atoms with Gasteiger partial charge >= 0.3 is 30.0 Å². The first-order chi connectivity index (χ1) is 44.3. The molecule has 6 unspecified atom stereocenters. The SMILES string of the molecule is C/C=C1/NC(=O)C([C@H](C)O)NC(=O)[C@H](CCN)NC(=O)C([C@H](O)C(=O)O)NC(=O)C(CCCCN)NC(=O)[C@H](CC(=O)O)NC(=O)C(CCNC(=O)OCOC(=O)C(C)(C)C)NC(=O)C(NC(=O)C[C@H](O)CCCCCCCCCCC)COC(=O)C([C@H](O)CCl)NC1=O. The summed E-state index contributed by atoms with van der Waals surface area (Å²) in [6, 6.07) is -16.8. The molecule has 1 heterocycles. The zero-order valence-electron chi connectivity index (χ0n) is 53.9. The monoisotopic (exact) mass is 1360 g/mol. The number of aliphatic hydroxyl groups is 4. The second-order valence-electron chi connectivity index (χ2n) is 23.2. The third kappa shape index (κ3) is 32.3. The maximum absolute atomic E-state index is 14.5. The standard InChI is InChI=1S/C58H97ClN12O23/c1-7-9-10-11-12-13-14-15-16-19-32(73)26-40(75)63-38-29-92-55(89)43(39(74)28-59)70-46(79)33(8-2)64-52(85)42(31(3)72)69-49(82)35(21-24-61)67-53(86)44(45(78)54(87)88)71-48(81)34(20-17-18-23-60)65-50(83)37(27-41(76)77)68-47(80)36(66-51(38)84)22-25-62-57(91)94-30-93-56(90)58(4,5)6/h8,31-32,34-39,42-45,72-74,78H,7,9-30,60-61H2,1-6H3,(H,62,91)(H,63,75)(H,64,85)(H,65,83)(H,66,84)(H,67,86)(H,68,80)(H,69,82)(H,70,79)(H,71,81)(H,76,77)(H,87,88)/b33-8+/t31-,32+,34?,35-,36?,37-,38?,39+,42?,43?,44?,45-/m0/s1. The van der Waals surface area contributed by atoms with Crippen LogP contribution >= 0.6 is 11.6 Å². The van der Waals surface area contributed by atoms with Crippen LogP contribution in [0.5, 0.6) is 0 Å². The number of ether oxygens (including phenoxy) is 3. The number of esters is 2. The summed E-state index contributed by atoms with van der Waals surface area (Å²) in [4.78, 5) is 190. The summed E-state index contributed by atoms with van der Waals surface area (Å²) in [5, 5.41) is 84.9. The fourth-order valence-electron chi connectivity index (χ4n) is 8.78. The van der Waals surface area contributed by atoms with Crippen molar-refractivity contribution in [2.45, 2.75) is 223 Å². The lowest BCUT2D eigenvalue weighted by Gasteiger charge is -2.29. The number of aliphatic hydroxyl groups excluding tert-OH is 4. The van der Waals surface area contributed by atoms with Crippen LogP contribution in [0.2, 0.25) is 0 Å². The number of unbranched alkanes of at least 4 members (excludes halogenated alkanes) is 9. The van der Waals surface area contributed by atoms with E-state index in [1.807, 2.05) is 5.32 Å². The number of nitrogens with one attached hydrogen (secondary N) is 10. The van der Waals surface area contributed by atoms with Crippen LogP contribution < -0.4 is 64.6 Å². The number of amides is 10. The van der Waals surface area contributed by atoms with Gasteiger partial charge in [-0.2, -0.15) is 0 Å². The number of alkyl carbamates (subject to hydrolysis) is 1. The summed E-state index contributed by atoms with van der Waals surface area (Å²) in [6.07, 6.45) is -3.00. The second kappa shape index (κ2) is 44.7. The van der Waals surface area contributed by atoms with Crippen molar-refractivity contribution in [3.8, 4) is 0 Å². The Kier molecular flexibility index (Phi) is 40.0. The quantitative estimate of drug-likeness (QED) is 0.0104. The smallest absolute Gasteiger partial charge is 0.410 e. The van der Waals surface area contributed by atoms with Gasteiger partial charge in [0.2, 0.25) is 54.1 Å². The first-order valence-electron chi connectivity index (χ1n) is 31.0. The Balaban J connectivity index is 4.20. The van der Waals surface area contributed by atoms with E-state index in [0.29, 0.717) is 6.42 Å². The predicted octanol–water partition coefficient (Wildman–Crippen LogP) is -3.84. The molecule has 1 rings (SSSR count). The van der Waals surface area contributed by atoms with Crippen LogP contribution in [-0.4, -0.2) is 225 Å². The molecule has 534 valence electrons. The number of hydrogen-bond donors (Lipinski definition) is 18. The van der Waals surface area contributed by atoms with Crippen LogP contribution in [0.3, 0.4) is 0 Å². The highest BCUT2D eigenvalue weighted by atomic mass is 35.5. The van der Waals surface area contributed by atoms with Crippen molar-refractivity contribution in [3.05, 3.63) is 11.8 Å². The molecule has 0 radical (unpaired) electrons. The average molecular weight is 1370 g/mol. The molecular weight excluding hydrogens is 1270 g/mol. The number of nitrogens with two attached hydrogens (primary N) is 2. The molecule has 36 heteroatoms. The first-order valence-corrected chi connectivity index (χ1v) is 31.6. The van der Waals surface area contributed by atoms with Crippen LogP contribution in [0, 0.1) is 5.41 Å². The molecule has 94 heavy (non-hydrogen) atoms. The molecule has 0 aromatic heterocycles. The molecule has 0 spiro atoms. The van der Waals surface area contributed by atoms with Crippen LogP contribution in [0.1, 0.15) is 151 Å². The fraction of sp³-hybridized carbons (Fsp3) is 0.724. The lowest BCUT2D eigenvalue weighted by atomic mass is 9.98. The van der Waals surface area contributed by atoms with Crippen molar-refractivity contribution < 1.29 is 112 Å². The van der Waals surface area contributed by atoms with Crippen molar-refractivity contribution in [2.24, 2.45) is 16.9 Å². The zero-order chi connectivity index (χ0) is 71.3. The predicted molar refractivity (Wildman–Crippen MR) is 331 cm³/mol. The summed E-state index contributed by atoms with van der Waals surface area (Å²) >= 11 is 5.93. The maximum Gasteiger partial charge on any atom is 0.410 e. The normalized spacial score (nSPS) is 23.0. The lowest BCUT2D eigenvalue weighted by Crippen LogP contribution is -2.63. The molecule has 1 fully saturated rings. The Morgan fingerprint density at radius 2 is 1.20 bits per heavy atom. The third-order valence-corrected chi connectivity index (χ3v) is 14.5. The summed E-state index contributed by atoms with van der Waals surface area (Å²) in [5.41, 5.74) is 9.66. The Morgan fingerprint density at radius 1 is 0.660 bits per heavy atom. The van der Waals surface area contributed by atoms with Crippen molar-refractivity contribution in [3.63, 3.8) is 0 Å². The van der Waals surface area contributed by atoms with Crippen LogP contribution in [0.25, 0.3) is 0 Å². The molecular formula is C58H97ClN12O23. The maximum atomic E-state index is 14.5. The van der Waals surface area contributed by atoms with Crippen LogP contribution in [0.15, 0.2) is 11.8 Å². The van der Waals surface area contributed by atoms with Gasteiger partial charge < -0.3 is 109 Å². The largest absolute Gasteiger partial charge is 0.481 e. The van der Waals surface area contributed by atoms with Crippen molar-refractivity contribution >= 4 is 94.7 Å². The second-order valence-corrected chi connectivity index (χ2v) is 23.5. The zero-order valence-corrected chi connectivity index (χ0v) is 54.7. The van der Waals surface area contributed by atoms with E-state index >= 15 is 0 Å². The van der Waals surface area contributed by atoms with Gasteiger partial charge in [-0.25, -0.2) is 14.4 Å². The highest BCUT2D eigenvalue weighted by Crippen LogP contribution is 2.16. The Hall–Kier alpha value is -7.83. The highest BCUT2D eigenvalue weighted by molar-refractivity contribution is 6.18. The van der Waals surface area contributed by atoms with Crippen molar-refractivity contribution in [1.29, 1.82) is 0 Å². The minimum absolute atomic E-state index is 0.00700. The summed E-state index contributed by atoms with van der Waals surface area (Å²) in [5.74, 6) is -19.3. The molecule has 1 saturated heterocycles. The third-order valence-electron chi connectivity index (χ3n) is 14.2. The van der Waals surface area contributed by atoms with Gasteiger partial charge in [0, 0.05) is 6.54 Å². The van der Waals surface area contributed by atoms with E-state index in [2.05, 4.69) is 54.8 Å². The summed E-state index contributed by atoms with van der Waals surface area (Å²) in [7, 11) is 0. The number of alkyl halides is 1. The molecule has 0 saturated carbocycles. The number of allylic oxidation sites excluding steroid dienone is 1. The Morgan fingerprint density at radius 3 is 1.76 bits per heavy atom. The van der Waals surface area contributed by atoms with Gasteiger partial charge in [-0.3, -0.25) is 52.7 Å². The molecule has 12 atom stereocenters. The molecule has 35 nitrogen and oxygen atoms in total. The van der Waals surface area contributed by atoms with Gasteiger partial charge in [-0.05, 0) is 86.2 Å². The molecule has 1 aliphatic heterocycles. The Labute approximate surface area is 549 Å². The van der Waals surface area contributed by atoms with Gasteiger partial charge in [0.1, 0.15) is 54.6 Å². The minimum atomic E-state index is -2.82. The number of hydrogen-bond acceptors (Lipinski definition) is 23. The van der Waals surface area contributed by atoms with E-state index in [9.17, 15) is 97.8 Å². The van der Waals surface area contributed by atoms with Crippen molar-refractivity contribution in [1.82, 2.24) is 53.2 Å². The lowest BCUT2D eigenvalue weighted by molar-refractivity contribution is -0.161. The number of halogens is 1. The topological polar surface area (TPSA) is 560 Å². The van der Waals surface area contributed by atoms with E-state index < -0.39 is 231 Å². The van der Waals surface area contributed by atoms with E-state index in [-0.39, 0.29) is 25.8 Å². The van der Waals surface area contributed by atoms with Crippen molar-refractivity contribution in [2.75, 3.05) is 38.9 Å². The van der Waals surface area contributed by atoms with E-state index in [0.717, 1.165) is 64.4 Å². The molecule has 0 aromatic carbocycles. The first kappa shape index (κ1) is 84.2. The number of carboxylic acids is 2.